The van der Waals surface area contributed by atoms with E-state index in [1.54, 1.807) is 0 Å². The van der Waals surface area contributed by atoms with Gasteiger partial charge in [-0.15, -0.1) is 0 Å². The molecular formula is C13H17N3O2. The highest BCUT2D eigenvalue weighted by molar-refractivity contribution is 6.14. The summed E-state index contributed by atoms with van der Waals surface area (Å²) < 4.78 is 0. The molecule has 0 unspecified atom stereocenters. The summed E-state index contributed by atoms with van der Waals surface area (Å²) in [6.07, 6.45) is 1.25. The summed E-state index contributed by atoms with van der Waals surface area (Å²) in [5.41, 5.74) is 7.57. The SMILES string of the molecule is Cc1cccc(C)c1NC(=O)C1(/C(N)=N/O)CC1. The summed E-state index contributed by atoms with van der Waals surface area (Å²) in [6.45, 7) is 3.87. The fourth-order valence-corrected chi connectivity index (χ4v) is 2.07. The number of nitrogens with two attached hydrogens (primary N) is 1. The van der Waals surface area contributed by atoms with Gasteiger partial charge < -0.3 is 16.3 Å². The van der Waals surface area contributed by atoms with Crippen molar-refractivity contribution in [2.24, 2.45) is 16.3 Å². The molecule has 18 heavy (non-hydrogen) atoms. The van der Waals surface area contributed by atoms with Crippen LogP contribution in [-0.4, -0.2) is 17.0 Å². The van der Waals surface area contributed by atoms with Crippen LogP contribution >= 0.6 is 0 Å². The number of aryl methyl sites for hydroxylation is 2. The van der Waals surface area contributed by atoms with Crippen LogP contribution in [0, 0.1) is 19.3 Å². The molecule has 0 bridgehead atoms. The zero-order valence-corrected chi connectivity index (χ0v) is 10.5. The Balaban J connectivity index is 2.23. The third-order valence-corrected chi connectivity index (χ3v) is 3.50. The fourth-order valence-electron chi connectivity index (χ4n) is 2.07. The Bertz CT molecular complexity index is 499. The van der Waals surface area contributed by atoms with Crippen molar-refractivity contribution in [3.8, 4) is 0 Å². The highest BCUT2D eigenvalue weighted by Crippen LogP contribution is 2.47. The number of oxime groups is 1. The monoisotopic (exact) mass is 247 g/mol. The lowest BCUT2D eigenvalue weighted by atomic mass is 10.0. The van der Waals surface area contributed by atoms with Crippen LogP contribution in [0.3, 0.4) is 0 Å². The summed E-state index contributed by atoms with van der Waals surface area (Å²) in [6, 6.07) is 5.81. The Labute approximate surface area is 106 Å². The van der Waals surface area contributed by atoms with E-state index in [0.29, 0.717) is 12.8 Å². The Morgan fingerprint density at radius 1 is 1.39 bits per heavy atom. The van der Waals surface area contributed by atoms with Crippen LogP contribution in [-0.2, 0) is 4.79 Å². The molecule has 0 heterocycles. The number of rotatable bonds is 3. The number of amidine groups is 1. The van der Waals surface area contributed by atoms with E-state index < -0.39 is 5.41 Å². The van der Waals surface area contributed by atoms with Crippen LogP contribution < -0.4 is 11.1 Å². The maximum Gasteiger partial charge on any atom is 0.238 e. The van der Waals surface area contributed by atoms with E-state index >= 15 is 0 Å². The fraction of sp³-hybridized carbons (Fsp3) is 0.385. The number of benzene rings is 1. The number of hydrogen-bond acceptors (Lipinski definition) is 3. The topological polar surface area (TPSA) is 87.7 Å². The Morgan fingerprint density at radius 2 is 1.94 bits per heavy atom. The largest absolute Gasteiger partial charge is 0.409 e. The molecule has 1 fully saturated rings. The summed E-state index contributed by atoms with van der Waals surface area (Å²) >= 11 is 0. The van der Waals surface area contributed by atoms with Gasteiger partial charge in [0.15, 0.2) is 5.84 Å². The Kier molecular flexibility index (Phi) is 2.98. The molecule has 0 saturated heterocycles. The molecule has 1 aliphatic rings. The Hall–Kier alpha value is -2.04. The van der Waals surface area contributed by atoms with Crippen molar-refractivity contribution in [3.63, 3.8) is 0 Å². The molecule has 0 atom stereocenters. The second-order valence-electron chi connectivity index (χ2n) is 4.79. The molecule has 5 heteroatoms. The van der Waals surface area contributed by atoms with E-state index in [0.717, 1.165) is 16.8 Å². The van der Waals surface area contributed by atoms with Crippen molar-refractivity contribution in [2.75, 3.05) is 5.32 Å². The highest BCUT2D eigenvalue weighted by atomic mass is 16.4. The van der Waals surface area contributed by atoms with Crippen molar-refractivity contribution >= 4 is 17.4 Å². The lowest BCUT2D eigenvalue weighted by molar-refractivity contribution is -0.119. The molecule has 1 aliphatic carbocycles. The maximum atomic E-state index is 12.2. The minimum atomic E-state index is -0.816. The molecule has 2 rings (SSSR count). The highest BCUT2D eigenvalue weighted by Gasteiger charge is 2.54. The zero-order chi connectivity index (χ0) is 13.3. The molecule has 1 aromatic rings. The van der Waals surface area contributed by atoms with Gasteiger partial charge >= 0.3 is 0 Å². The van der Waals surface area contributed by atoms with Crippen molar-refractivity contribution in [1.82, 2.24) is 0 Å². The molecule has 1 aromatic carbocycles. The number of anilines is 1. The van der Waals surface area contributed by atoms with Crippen molar-refractivity contribution in [1.29, 1.82) is 0 Å². The van der Waals surface area contributed by atoms with Gasteiger partial charge in [0.2, 0.25) is 5.91 Å². The molecule has 0 aromatic heterocycles. The van der Waals surface area contributed by atoms with Crippen LogP contribution in [0.4, 0.5) is 5.69 Å². The van der Waals surface area contributed by atoms with E-state index in [1.807, 2.05) is 32.0 Å². The lowest BCUT2D eigenvalue weighted by Crippen LogP contribution is -2.36. The van der Waals surface area contributed by atoms with Gasteiger partial charge in [0.05, 0.1) is 0 Å². The third kappa shape index (κ3) is 1.92. The predicted octanol–water partition coefficient (Wildman–Crippen LogP) is 1.77. The summed E-state index contributed by atoms with van der Waals surface area (Å²) in [5.74, 6) is -0.207. The number of para-hydroxylation sites is 1. The first-order valence-electron chi connectivity index (χ1n) is 5.87. The van der Waals surface area contributed by atoms with Gasteiger partial charge in [-0.25, -0.2) is 0 Å². The summed E-state index contributed by atoms with van der Waals surface area (Å²) in [7, 11) is 0. The first-order valence-corrected chi connectivity index (χ1v) is 5.87. The number of hydrogen-bond donors (Lipinski definition) is 3. The van der Waals surface area contributed by atoms with Gasteiger partial charge in [-0.3, -0.25) is 4.79 Å². The van der Waals surface area contributed by atoms with Crippen molar-refractivity contribution in [2.45, 2.75) is 26.7 Å². The van der Waals surface area contributed by atoms with Gasteiger partial charge in [0.1, 0.15) is 5.41 Å². The van der Waals surface area contributed by atoms with Gasteiger partial charge in [0.25, 0.3) is 0 Å². The van der Waals surface area contributed by atoms with Crippen LogP contribution in [0.2, 0.25) is 0 Å². The number of nitrogens with zero attached hydrogens (tertiary/aromatic N) is 1. The standard InChI is InChI=1S/C13H17N3O2/c1-8-4-3-5-9(2)10(8)15-12(17)13(6-7-13)11(14)16-18/h3-5,18H,6-7H2,1-2H3,(H2,14,16)(H,15,17). The number of nitrogens with one attached hydrogen (secondary N) is 1. The average molecular weight is 247 g/mol. The quantitative estimate of drug-likeness (QED) is 0.329. The lowest BCUT2D eigenvalue weighted by Gasteiger charge is -2.16. The van der Waals surface area contributed by atoms with Crippen LogP contribution in [0.1, 0.15) is 24.0 Å². The minimum Gasteiger partial charge on any atom is -0.409 e. The Morgan fingerprint density at radius 3 is 2.39 bits per heavy atom. The minimum absolute atomic E-state index is 0.00811. The smallest absolute Gasteiger partial charge is 0.238 e. The average Bonchev–Trinajstić information content (AvgIpc) is 3.14. The van der Waals surface area contributed by atoms with E-state index in [1.165, 1.54) is 0 Å². The first kappa shape index (κ1) is 12.4. The molecule has 0 aliphatic heterocycles. The van der Waals surface area contributed by atoms with E-state index in [-0.39, 0.29) is 11.7 Å². The normalized spacial score (nSPS) is 17.3. The van der Waals surface area contributed by atoms with E-state index in [9.17, 15) is 4.79 Å². The molecule has 4 N–H and O–H groups in total. The molecule has 1 saturated carbocycles. The van der Waals surface area contributed by atoms with Crippen LogP contribution in [0.5, 0.6) is 0 Å². The van der Waals surface area contributed by atoms with Gasteiger partial charge in [-0.05, 0) is 37.8 Å². The van der Waals surface area contributed by atoms with E-state index in [4.69, 9.17) is 10.9 Å². The molecule has 96 valence electrons. The molecular weight excluding hydrogens is 230 g/mol. The van der Waals surface area contributed by atoms with E-state index in [2.05, 4.69) is 10.5 Å². The van der Waals surface area contributed by atoms with Crippen molar-refractivity contribution < 1.29 is 10.0 Å². The molecule has 0 spiro atoms. The molecule has 0 radical (unpaired) electrons. The molecule has 1 amide bonds. The van der Waals surface area contributed by atoms with Gasteiger partial charge in [-0.1, -0.05) is 23.4 Å². The molecule has 5 nitrogen and oxygen atoms in total. The summed E-state index contributed by atoms with van der Waals surface area (Å²) in [4.78, 5) is 12.2. The second-order valence-corrected chi connectivity index (χ2v) is 4.79. The predicted molar refractivity (Wildman–Crippen MR) is 69.6 cm³/mol. The van der Waals surface area contributed by atoms with Crippen LogP contribution in [0.15, 0.2) is 23.4 Å². The number of amides is 1. The van der Waals surface area contributed by atoms with Crippen LogP contribution in [0.25, 0.3) is 0 Å². The zero-order valence-electron chi connectivity index (χ0n) is 10.5. The first-order chi connectivity index (χ1) is 8.51. The summed E-state index contributed by atoms with van der Waals surface area (Å²) in [5, 5.41) is 14.6. The van der Waals surface area contributed by atoms with Gasteiger partial charge in [-0.2, -0.15) is 0 Å². The second kappa shape index (κ2) is 4.33. The van der Waals surface area contributed by atoms with Crippen molar-refractivity contribution in [3.05, 3.63) is 29.3 Å². The van der Waals surface area contributed by atoms with Gasteiger partial charge in [0, 0.05) is 5.69 Å². The third-order valence-electron chi connectivity index (χ3n) is 3.50. The maximum absolute atomic E-state index is 12.2. The number of carbonyl (C=O) groups excluding carboxylic acids is 1. The number of carbonyl (C=O) groups is 1.